The van der Waals surface area contributed by atoms with E-state index in [1.165, 1.54) is 12.1 Å². The van der Waals surface area contributed by atoms with E-state index in [2.05, 4.69) is 25.5 Å². The molecule has 2 rings (SSSR count). The summed E-state index contributed by atoms with van der Waals surface area (Å²) in [6.45, 7) is 6.35. The Kier molecular flexibility index (Phi) is 4.50. The number of halogens is 3. The van der Waals surface area contributed by atoms with Crippen LogP contribution < -0.4 is 4.74 Å². The largest absolute Gasteiger partial charge is 0.573 e. The van der Waals surface area contributed by atoms with E-state index in [1.54, 1.807) is 12.1 Å². The first-order chi connectivity index (χ1) is 10.2. The molecule has 4 heteroatoms. The van der Waals surface area contributed by atoms with Crippen molar-refractivity contribution in [1.29, 1.82) is 0 Å². The van der Waals surface area contributed by atoms with Crippen molar-refractivity contribution < 1.29 is 17.9 Å². The summed E-state index contributed by atoms with van der Waals surface area (Å²) in [6.07, 6.45) is -4.66. The molecule has 0 aliphatic carbocycles. The number of alkyl halides is 3. The molecule has 1 atom stereocenters. The van der Waals surface area contributed by atoms with Gasteiger partial charge in [0, 0.05) is 5.92 Å². The molecule has 22 heavy (non-hydrogen) atoms. The highest BCUT2D eigenvalue weighted by Gasteiger charge is 2.32. The van der Waals surface area contributed by atoms with Crippen LogP contribution in [-0.2, 0) is 0 Å². The van der Waals surface area contributed by atoms with Crippen LogP contribution in [0, 0.1) is 5.41 Å². The molecule has 0 saturated carbocycles. The molecule has 0 fully saturated rings. The first-order valence-electron chi connectivity index (χ1n) is 7.07. The van der Waals surface area contributed by atoms with Gasteiger partial charge in [0.15, 0.2) is 0 Å². The third kappa shape index (κ3) is 4.26. The standard InChI is InChI=1S/C18H19F3O/c1-17(2,3)16(13-7-5-4-6-8-13)14-9-11-15(12-10-14)22-18(19,20)21/h4-12,16H,1-3H3/t16-/m0/s1. The smallest absolute Gasteiger partial charge is 0.406 e. The fraction of sp³-hybridized carbons (Fsp3) is 0.333. The minimum Gasteiger partial charge on any atom is -0.406 e. The van der Waals surface area contributed by atoms with Gasteiger partial charge in [0.05, 0.1) is 0 Å². The second-order valence-corrected chi connectivity index (χ2v) is 6.33. The van der Waals surface area contributed by atoms with Crippen LogP contribution in [0.25, 0.3) is 0 Å². The van der Waals surface area contributed by atoms with Crippen LogP contribution in [0.15, 0.2) is 54.6 Å². The molecule has 0 aromatic heterocycles. The van der Waals surface area contributed by atoms with Crippen molar-refractivity contribution in [2.24, 2.45) is 5.41 Å². The monoisotopic (exact) mass is 308 g/mol. The average Bonchev–Trinajstić information content (AvgIpc) is 2.39. The molecule has 2 aromatic carbocycles. The van der Waals surface area contributed by atoms with Crippen LogP contribution in [0.4, 0.5) is 13.2 Å². The minimum atomic E-state index is -4.66. The molecule has 0 unspecified atom stereocenters. The van der Waals surface area contributed by atoms with Gasteiger partial charge in [-0.3, -0.25) is 0 Å². The van der Waals surface area contributed by atoms with Crippen LogP contribution in [0.2, 0.25) is 0 Å². The summed E-state index contributed by atoms with van der Waals surface area (Å²) in [6, 6.07) is 16.1. The van der Waals surface area contributed by atoms with E-state index in [0.29, 0.717) is 0 Å². The Morgan fingerprint density at radius 1 is 0.773 bits per heavy atom. The predicted molar refractivity (Wildman–Crippen MR) is 80.9 cm³/mol. The van der Waals surface area contributed by atoms with Gasteiger partial charge in [-0.05, 0) is 28.7 Å². The van der Waals surface area contributed by atoms with Gasteiger partial charge in [-0.25, -0.2) is 0 Å². The summed E-state index contributed by atoms with van der Waals surface area (Å²) in [4.78, 5) is 0. The van der Waals surface area contributed by atoms with Gasteiger partial charge >= 0.3 is 6.36 Å². The Morgan fingerprint density at radius 3 is 1.73 bits per heavy atom. The van der Waals surface area contributed by atoms with Crippen molar-refractivity contribution in [1.82, 2.24) is 0 Å². The number of rotatable bonds is 3. The SMILES string of the molecule is CC(C)(C)[C@@H](c1ccccc1)c1ccc(OC(F)(F)F)cc1. The Labute approximate surface area is 128 Å². The molecular formula is C18H19F3O. The van der Waals surface area contributed by atoms with Crippen molar-refractivity contribution >= 4 is 0 Å². The van der Waals surface area contributed by atoms with Crippen molar-refractivity contribution in [2.45, 2.75) is 33.1 Å². The summed E-state index contributed by atoms with van der Waals surface area (Å²) in [5.41, 5.74) is 2.04. The molecule has 1 nitrogen and oxygen atoms in total. The lowest BCUT2D eigenvalue weighted by molar-refractivity contribution is -0.274. The number of ether oxygens (including phenoxy) is 1. The zero-order chi connectivity index (χ0) is 16.4. The molecule has 0 aliphatic rings. The van der Waals surface area contributed by atoms with Crippen molar-refractivity contribution in [3.05, 3.63) is 65.7 Å². The zero-order valence-electron chi connectivity index (χ0n) is 12.8. The molecule has 0 amide bonds. The summed E-state index contributed by atoms with van der Waals surface area (Å²) in [7, 11) is 0. The maximum absolute atomic E-state index is 12.2. The van der Waals surface area contributed by atoms with Crippen LogP contribution in [0.1, 0.15) is 37.8 Å². The number of benzene rings is 2. The molecule has 0 aliphatic heterocycles. The van der Waals surface area contributed by atoms with E-state index < -0.39 is 6.36 Å². The van der Waals surface area contributed by atoms with E-state index in [-0.39, 0.29) is 17.1 Å². The lowest BCUT2D eigenvalue weighted by Gasteiger charge is -2.32. The molecule has 0 N–H and O–H groups in total. The topological polar surface area (TPSA) is 9.23 Å². The fourth-order valence-electron chi connectivity index (χ4n) is 2.70. The fourth-order valence-corrected chi connectivity index (χ4v) is 2.70. The third-order valence-electron chi connectivity index (χ3n) is 3.45. The zero-order valence-corrected chi connectivity index (χ0v) is 12.8. The maximum Gasteiger partial charge on any atom is 0.573 e. The first-order valence-corrected chi connectivity index (χ1v) is 7.07. The second-order valence-electron chi connectivity index (χ2n) is 6.33. The van der Waals surface area contributed by atoms with Gasteiger partial charge < -0.3 is 4.74 Å². The second kappa shape index (κ2) is 6.03. The Hall–Kier alpha value is -1.97. The Balaban J connectivity index is 2.34. The van der Waals surface area contributed by atoms with Crippen molar-refractivity contribution in [3.63, 3.8) is 0 Å². The highest BCUT2D eigenvalue weighted by molar-refractivity contribution is 5.37. The van der Waals surface area contributed by atoms with E-state index >= 15 is 0 Å². The van der Waals surface area contributed by atoms with E-state index in [9.17, 15) is 13.2 Å². The summed E-state index contributed by atoms with van der Waals surface area (Å²) < 4.78 is 40.6. The summed E-state index contributed by atoms with van der Waals surface area (Å²) in [5, 5.41) is 0. The average molecular weight is 308 g/mol. The highest BCUT2D eigenvalue weighted by atomic mass is 19.4. The number of hydrogen-bond acceptors (Lipinski definition) is 1. The van der Waals surface area contributed by atoms with Gasteiger partial charge in [0.1, 0.15) is 5.75 Å². The van der Waals surface area contributed by atoms with Crippen molar-refractivity contribution in [2.75, 3.05) is 0 Å². The van der Waals surface area contributed by atoms with E-state index in [0.717, 1.165) is 11.1 Å². The molecule has 0 bridgehead atoms. The van der Waals surface area contributed by atoms with Gasteiger partial charge in [0.25, 0.3) is 0 Å². The molecule has 0 heterocycles. The molecule has 118 valence electrons. The number of hydrogen-bond donors (Lipinski definition) is 0. The third-order valence-corrected chi connectivity index (χ3v) is 3.45. The molecule has 0 saturated heterocycles. The predicted octanol–water partition coefficient (Wildman–Crippen LogP) is 5.76. The summed E-state index contributed by atoms with van der Waals surface area (Å²) in [5.74, 6) is -0.106. The molecule has 2 aromatic rings. The van der Waals surface area contributed by atoms with Gasteiger partial charge in [-0.1, -0.05) is 63.2 Å². The molecule has 0 radical (unpaired) electrons. The quantitative estimate of drug-likeness (QED) is 0.700. The van der Waals surface area contributed by atoms with Crippen molar-refractivity contribution in [3.8, 4) is 5.75 Å². The highest BCUT2D eigenvalue weighted by Crippen LogP contribution is 2.41. The van der Waals surface area contributed by atoms with Gasteiger partial charge in [0.2, 0.25) is 0 Å². The van der Waals surface area contributed by atoms with E-state index in [4.69, 9.17) is 0 Å². The Morgan fingerprint density at radius 2 is 1.27 bits per heavy atom. The lowest BCUT2D eigenvalue weighted by atomic mass is 9.72. The minimum absolute atomic E-state index is 0.0618. The first kappa shape index (κ1) is 16.4. The normalized spacial score (nSPS) is 13.7. The van der Waals surface area contributed by atoms with Crippen LogP contribution in [0.3, 0.4) is 0 Å². The molecular weight excluding hydrogens is 289 g/mol. The maximum atomic E-state index is 12.2. The Bertz CT molecular complexity index is 595. The van der Waals surface area contributed by atoms with Gasteiger partial charge in [-0.15, -0.1) is 13.2 Å². The summed E-state index contributed by atoms with van der Waals surface area (Å²) >= 11 is 0. The molecule has 0 spiro atoms. The van der Waals surface area contributed by atoms with Crippen LogP contribution >= 0.6 is 0 Å². The van der Waals surface area contributed by atoms with E-state index in [1.807, 2.05) is 30.3 Å². The lowest BCUT2D eigenvalue weighted by Crippen LogP contribution is -2.20. The van der Waals surface area contributed by atoms with Crippen LogP contribution in [-0.4, -0.2) is 6.36 Å². The van der Waals surface area contributed by atoms with Gasteiger partial charge in [-0.2, -0.15) is 0 Å². The van der Waals surface area contributed by atoms with Crippen LogP contribution in [0.5, 0.6) is 5.75 Å².